The van der Waals surface area contributed by atoms with Crippen molar-refractivity contribution >= 4 is 5.69 Å². The van der Waals surface area contributed by atoms with Gasteiger partial charge in [-0.05, 0) is 12.1 Å². The highest BCUT2D eigenvalue weighted by molar-refractivity contribution is 5.67. The smallest absolute Gasteiger partial charge is 0.184 e. The van der Waals surface area contributed by atoms with Gasteiger partial charge in [-0.1, -0.05) is 6.92 Å². The van der Waals surface area contributed by atoms with Crippen molar-refractivity contribution in [2.24, 2.45) is 0 Å². The molecule has 4 N–H and O–H groups in total. The van der Waals surface area contributed by atoms with E-state index in [2.05, 4.69) is 15.2 Å². The quantitative estimate of drug-likeness (QED) is 0.644. The van der Waals surface area contributed by atoms with E-state index in [1.165, 1.54) is 6.07 Å². The van der Waals surface area contributed by atoms with Crippen molar-refractivity contribution < 1.29 is 5.11 Å². The first-order chi connectivity index (χ1) is 7.20. The Morgan fingerprint density at radius 2 is 2.27 bits per heavy atom. The second-order valence-corrected chi connectivity index (χ2v) is 3.24. The summed E-state index contributed by atoms with van der Waals surface area (Å²) in [5.41, 5.74) is 6.63. The van der Waals surface area contributed by atoms with Crippen LogP contribution in [0, 0.1) is 0 Å². The van der Waals surface area contributed by atoms with Gasteiger partial charge in [-0.2, -0.15) is 5.10 Å². The first-order valence-corrected chi connectivity index (χ1v) is 4.71. The maximum atomic E-state index is 9.65. The molecule has 0 saturated carbocycles. The zero-order chi connectivity index (χ0) is 10.8. The highest BCUT2D eigenvalue weighted by atomic mass is 16.3. The van der Waals surface area contributed by atoms with E-state index in [1.54, 1.807) is 12.1 Å². The number of phenolic OH excluding ortho intramolecular Hbond substituents is 1. The molecule has 0 radical (unpaired) electrons. The maximum Gasteiger partial charge on any atom is 0.184 e. The van der Waals surface area contributed by atoms with Crippen LogP contribution in [-0.2, 0) is 6.42 Å². The zero-order valence-corrected chi connectivity index (χ0v) is 8.36. The fourth-order valence-electron chi connectivity index (χ4n) is 1.31. The van der Waals surface area contributed by atoms with Crippen molar-refractivity contribution in [2.45, 2.75) is 13.3 Å². The number of H-pyrrole nitrogens is 1. The predicted molar refractivity (Wildman–Crippen MR) is 57.3 cm³/mol. The van der Waals surface area contributed by atoms with Gasteiger partial charge < -0.3 is 10.8 Å². The van der Waals surface area contributed by atoms with E-state index in [9.17, 15) is 5.11 Å². The third kappa shape index (κ3) is 1.76. The van der Waals surface area contributed by atoms with Gasteiger partial charge in [-0.3, -0.25) is 5.10 Å². The molecule has 0 saturated heterocycles. The fraction of sp³-hybridized carbons (Fsp3) is 0.200. The first-order valence-electron chi connectivity index (χ1n) is 4.71. The van der Waals surface area contributed by atoms with Crippen molar-refractivity contribution in [1.82, 2.24) is 15.2 Å². The number of aromatic nitrogens is 3. The summed E-state index contributed by atoms with van der Waals surface area (Å²) in [6, 6.07) is 4.89. The Kier molecular flexibility index (Phi) is 2.29. The Balaban J connectivity index is 2.44. The summed E-state index contributed by atoms with van der Waals surface area (Å²) in [6.45, 7) is 1.98. The van der Waals surface area contributed by atoms with Crippen LogP contribution in [0.3, 0.4) is 0 Å². The van der Waals surface area contributed by atoms with Gasteiger partial charge in [-0.25, -0.2) is 4.98 Å². The number of nitrogens with one attached hydrogen (secondary N) is 1. The molecule has 5 nitrogen and oxygen atoms in total. The van der Waals surface area contributed by atoms with Crippen molar-refractivity contribution in [3.63, 3.8) is 0 Å². The van der Waals surface area contributed by atoms with Crippen molar-refractivity contribution in [2.75, 3.05) is 5.73 Å². The number of anilines is 1. The number of aromatic hydroxyl groups is 1. The van der Waals surface area contributed by atoms with Crippen molar-refractivity contribution in [1.29, 1.82) is 0 Å². The van der Waals surface area contributed by atoms with Crippen LogP contribution in [0.1, 0.15) is 12.7 Å². The highest BCUT2D eigenvalue weighted by Gasteiger charge is 2.09. The van der Waals surface area contributed by atoms with Crippen LogP contribution in [0.25, 0.3) is 11.4 Å². The number of hydrogen-bond donors (Lipinski definition) is 3. The normalized spacial score (nSPS) is 10.5. The number of nitrogen functional groups attached to an aromatic ring is 1. The minimum absolute atomic E-state index is 0.0941. The van der Waals surface area contributed by atoms with Crippen LogP contribution in [-0.4, -0.2) is 20.3 Å². The summed E-state index contributed by atoms with van der Waals surface area (Å²) < 4.78 is 0. The van der Waals surface area contributed by atoms with Crippen LogP contribution < -0.4 is 5.73 Å². The van der Waals surface area contributed by atoms with Crippen LogP contribution in [0.5, 0.6) is 5.75 Å². The molecule has 0 fully saturated rings. The third-order valence-corrected chi connectivity index (χ3v) is 2.13. The van der Waals surface area contributed by atoms with Gasteiger partial charge in [0.25, 0.3) is 0 Å². The van der Waals surface area contributed by atoms with Gasteiger partial charge in [0, 0.05) is 18.2 Å². The molecule has 0 bridgehead atoms. The summed E-state index contributed by atoms with van der Waals surface area (Å²) in [5.74, 6) is 1.38. The molecule has 1 aromatic carbocycles. The first kappa shape index (κ1) is 9.51. The standard InChI is InChI=1S/C10H12N4O/c1-2-9-12-10(14-13-9)7-4-3-6(11)5-8(7)15/h3-5,15H,2,11H2,1H3,(H,12,13,14). The predicted octanol–water partition coefficient (Wildman–Crippen LogP) is 1.32. The number of benzene rings is 1. The second kappa shape index (κ2) is 3.61. The van der Waals surface area contributed by atoms with Crippen LogP contribution in [0.2, 0.25) is 0 Å². The molecule has 0 atom stereocenters. The molecule has 0 spiro atoms. The molecule has 0 amide bonds. The van der Waals surface area contributed by atoms with Gasteiger partial charge in [-0.15, -0.1) is 0 Å². The molecular weight excluding hydrogens is 192 g/mol. The number of nitrogens with two attached hydrogens (primary N) is 1. The van der Waals surface area contributed by atoms with Gasteiger partial charge in [0.15, 0.2) is 5.82 Å². The number of aryl methyl sites for hydroxylation is 1. The van der Waals surface area contributed by atoms with E-state index in [4.69, 9.17) is 5.73 Å². The molecule has 15 heavy (non-hydrogen) atoms. The summed E-state index contributed by atoms with van der Waals surface area (Å²) >= 11 is 0. The monoisotopic (exact) mass is 204 g/mol. The second-order valence-electron chi connectivity index (χ2n) is 3.24. The Morgan fingerprint density at radius 1 is 1.47 bits per heavy atom. The molecule has 1 heterocycles. The Labute approximate surface area is 87.0 Å². The zero-order valence-electron chi connectivity index (χ0n) is 8.36. The number of nitrogens with zero attached hydrogens (tertiary/aromatic N) is 2. The average Bonchev–Trinajstić information content (AvgIpc) is 2.66. The topological polar surface area (TPSA) is 87.8 Å². The van der Waals surface area contributed by atoms with E-state index < -0.39 is 0 Å². The molecule has 78 valence electrons. The summed E-state index contributed by atoms with van der Waals surface area (Å²) in [4.78, 5) is 4.22. The number of hydrogen-bond acceptors (Lipinski definition) is 4. The third-order valence-electron chi connectivity index (χ3n) is 2.13. The van der Waals surface area contributed by atoms with Crippen LogP contribution in [0.15, 0.2) is 18.2 Å². The molecule has 1 aromatic heterocycles. The van der Waals surface area contributed by atoms with Gasteiger partial charge in [0.1, 0.15) is 11.6 Å². The van der Waals surface area contributed by atoms with Crippen molar-refractivity contribution in [3.8, 4) is 17.1 Å². The van der Waals surface area contributed by atoms with E-state index in [0.717, 1.165) is 12.2 Å². The number of phenols is 1. The molecule has 5 heteroatoms. The fourth-order valence-corrected chi connectivity index (χ4v) is 1.31. The minimum Gasteiger partial charge on any atom is -0.507 e. The average molecular weight is 204 g/mol. The Bertz CT molecular complexity index is 478. The highest BCUT2D eigenvalue weighted by Crippen LogP contribution is 2.27. The Hall–Kier alpha value is -2.04. The summed E-state index contributed by atoms with van der Waals surface area (Å²) in [7, 11) is 0. The maximum absolute atomic E-state index is 9.65. The van der Waals surface area contributed by atoms with Crippen LogP contribution in [0.4, 0.5) is 5.69 Å². The molecule has 2 rings (SSSR count). The van der Waals surface area contributed by atoms with Crippen molar-refractivity contribution in [3.05, 3.63) is 24.0 Å². The molecule has 0 aliphatic rings. The van der Waals surface area contributed by atoms with E-state index in [1.807, 2.05) is 6.92 Å². The molecular formula is C10H12N4O. The molecule has 0 unspecified atom stereocenters. The Morgan fingerprint density at radius 3 is 2.87 bits per heavy atom. The van der Waals surface area contributed by atoms with E-state index in [-0.39, 0.29) is 5.75 Å². The molecule has 0 aliphatic heterocycles. The van der Waals surface area contributed by atoms with Gasteiger partial charge in [0.2, 0.25) is 0 Å². The van der Waals surface area contributed by atoms with E-state index in [0.29, 0.717) is 17.1 Å². The SMILES string of the molecule is CCc1nc(-c2ccc(N)cc2O)n[nH]1. The largest absolute Gasteiger partial charge is 0.507 e. The van der Waals surface area contributed by atoms with Crippen LogP contribution >= 0.6 is 0 Å². The molecule has 0 aliphatic carbocycles. The lowest BCUT2D eigenvalue weighted by atomic mass is 10.2. The van der Waals surface area contributed by atoms with Gasteiger partial charge >= 0.3 is 0 Å². The lowest BCUT2D eigenvalue weighted by molar-refractivity contribution is 0.477. The van der Waals surface area contributed by atoms with Gasteiger partial charge in [0.05, 0.1) is 5.56 Å². The van der Waals surface area contributed by atoms with E-state index >= 15 is 0 Å². The summed E-state index contributed by atoms with van der Waals surface area (Å²) in [6.07, 6.45) is 0.780. The summed E-state index contributed by atoms with van der Waals surface area (Å²) in [5, 5.41) is 16.5. The lowest BCUT2D eigenvalue weighted by Crippen LogP contribution is -1.87. The number of rotatable bonds is 2. The molecule has 2 aromatic rings. The lowest BCUT2D eigenvalue weighted by Gasteiger charge is -2.00. The minimum atomic E-state index is 0.0941. The number of aromatic amines is 1.